The van der Waals surface area contributed by atoms with Gasteiger partial charge in [0, 0.05) is 20.1 Å². The predicted octanol–water partition coefficient (Wildman–Crippen LogP) is 0.457. The highest BCUT2D eigenvalue weighted by atomic mass is 16.7. The van der Waals surface area contributed by atoms with E-state index in [1.54, 1.807) is 37.6 Å². The first-order chi connectivity index (χ1) is 11.2. The molecule has 136 valence electrons. The number of fused-ring (bicyclic) bond motifs is 2. The van der Waals surface area contributed by atoms with Crippen LogP contribution in [0.2, 0.25) is 0 Å². The lowest BCUT2D eigenvalue weighted by Crippen LogP contribution is -2.50. The van der Waals surface area contributed by atoms with Gasteiger partial charge in [-0.15, -0.1) is 0 Å². The molecule has 2 bridgehead atoms. The fraction of sp³-hybridized carbons (Fsp3) is 0.800. The summed E-state index contributed by atoms with van der Waals surface area (Å²) >= 11 is 0. The molecule has 0 aromatic carbocycles. The second kappa shape index (κ2) is 7.25. The van der Waals surface area contributed by atoms with E-state index < -0.39 is 17.7 Å². The molecule has 0 radical (unpaired) electrons. The molecule has 4 amide bonds. The van der Waals surface area contributed by atoms with Gasteiger partial charge in [-0.25, -0.2) is 15.1 Å². The van der Waals surface area contributed by atoms with Crippen molar-refractivity contribution in [1.29, 1.82) is 0 Å². The monoisotopic (exact) mass is 342 g/mol. The van der Waals surface area contributed by atoms with E-state index >= 15 is 0 Å². The van der Waals surface area contributed by atoms with Crippen molar-refractivity contribution < 1.29 is 24.0 Å². The number of hydrogen-bond acceptors (Lipinski definition) is 5. The summed E-state index contributed by atoms with van der Waals surface area (Å²) in [5, 5.41) is 2.52. The van der Waals surface area contributed by atoms with Gasteiger partial charge in [-0.1, -0.05) is 0 Å². The lowest BCUT2D eigenvalue weighted by atomic mass is 10.0. The normalized spacial score (nSPS) is 23.2. The molecule has 0 spiro atoms. The van der Waals surface area contributed by atoms with E-state index in [1.165, 1.54) is 0 Å². The Labute approximate surface area is 141 Å². The first kappa shape index (κ1) is 18.3. The smallest absolute Gasteiger partial charge is 0.407 e. The quantitative estimate of drug-likeness (QED) is 0.558. The Bertz CT molecular complexity index is 505. The molecule has 0 saturated carbocycles. The number of urea groups is 1. The van der Waals surface area contributed by atoms with Gasteiger partial charge in [0.05, 0.1) is 12.6 Å². The van der Waals surface area contributed by atoms with E-state index in [2.05, 4.69) is 10.8 Å². The number of rotatable bonds is 5. The largest absolute Gasteiger partial charge is 0.444 e. The molecule has 0 aromatic rings. The van der Waals surface area contributed by atoms with E-state index in [1.807, 2.05) is 0 Å². The van der Waals surface area contributed by atoms with Crippen LogP contribution in [-0.4, -0.2) is 72.3 Å². The van der Waals surface area contributed by atoms with Gasteiger partial charge in [-0.2, -0.15) is 0 Å². The van der Waals surface area contributed by atoms with Crippen molar-refractivity contribution in [1.82, 2.24) is 20.6 Å². The van der Waals surface area contributed by atoms with Gasteiger partial charge in [0.2, 0.25) is 0 Å². The molecular weight excluding hydrogens is 316 g/mol. The Morgan fingerprint density at radius 3 is 2.67 bits per heavy atom. The topological polar surface area (TPSA) is 100 Å². The zero-order valence-corrected chi connectivity index (χ0v) is 14.6. The fourth-order valence-electron chi connectivity index (χ4n) is 2.82. The molecule has 2 fully saturated rings. The highest BCUT2D eigenvalue weighted by Gasteiger charge is 2.45. The van der Waals surface area contributed by atoms with Crippen molar-refractivity contribution in [3.8, 4) is 0 Å². The maximum Gasteiger partial charge on any atom is 0.407 e. The lowest BCUT2D eigenvalue weighted by Gasteiger charge is -2.29. The van der Waals surface area contributed by atoms with Crippen molar-refractivity contribution in [3.05, 3.63) is 0 Å². The summed E-state index contributed by atoms with van der Waals surface area (Å²) in [5.41, 5.74) is 1.79. The zero-order valence-electron chi connectivity index (χ0n) is 14.6. The number of amides is 4. The Balaban J connectivity index is 1.65. The number of carbonyl (C=O) groups is 3. The highest BCUT2D eigenvalue weighted by molar-refractivity contribution is 5.88. The Kier molecular flexibility index (Phi) is 5.53. The van der Waals surface area contributed by atoms with Crippen LogP contribution in [0.3, 0.4) is 0 Å². The van der Waals surface area contributed by atoms with Gasteiger partial charge >= 0.3 is 12.1 Å². The third kappa shape index (κ3) is 4.50. The number of piperidine rings is 1. The summed E-state index contributed by atoms with van der Waals surface area (Å²) in [4.78, 5) is 44.0. The Morgan fingerprint density at radius 2 is 2.00 bits per heavy atom. The van der Waals surface area contributed by atoms with Crippen LogP contribution in [-0.2, 0) is 14.4 Å². The molecular formula is C15H26N4O5. The number of nitrogens with zero attached hydrogens (tertiary/aromatic N) is 2. The molecule has 2 aliphatic heterocycles. The molecule has 0 unspecified atom stereocenters. The third-order valence-electron chi connectivity index (χ3n) is 4.00. The van der Waals surface area contributed by atoms with Crippen LogP contribution < -0.4 is 10.8 Å². The van der Waals surface area contributed by atoms with Crippen molar-refractivity contribution in [2.75, 3.05) is 26.7 Å². The molecule has 2 aliphatic rings. The highest BCUT2D eigenvalue weighted by Crippen LogP contribution is 2.28. The SMILES string of the molecule is CN1C(=O)N2C[C@H]1CC[C@H]2C(=O)NOCCNC(=O)OC(C)(C)C. The average molecular weight is 342 g/mol. The zero-order chi connectivity index (χ0) is 17.9. The summed E-state index contributed by atoms with van der Waals surface area (Å²) in [7, 11) is 1.76. The summed E-state index contributed by atoms with van der Waals surface area (Å²) in [6, 6.07) is -0.428. The van der Waals surface area contributed by atoms with Crippen LogP contribution in [0.5, 0.6) is 0 Å². The van der Waals surface area contributed by atoms with Crippen molar-refractivity contribution in [2.24, 2.45) is 0 Å². The van der Waals surface area contributed by atoms with Crippen LogP contribution in [0.25, 0.3) is 0 Å². The minimum Gasteiger partial charge on any atom is -0.444 e. The summed E-state index contributed by atoms with van der Waals surface area (Å²) in [5.74, 6) is -0.339. The molecule has 2 N–H and O–H groups in total. The number of carbonyl (C=O) groups excluding carboxylic acids is 3. The molecule has 2 rings (SSSR count). The number of alkyl carbamates (subject to hydrolysis) is 1. The minimum atomic E-state index is -0.562. The van der Waals surface area contributed by atoms with Crippen LogP contribution in [0.15, 0.2) is 0 Å². The molecule has 2 atom stereocenters. The van der Waals surface area contributed by atoms with E-state index in [4.69, 9.17) is 9.57 Å². The van der Waals surface area contributed by atoms with Gasteiger partial charge in [0.1, 0.15) is 11.6 Å². The van der Waals surface area contributed by atoms with Gasteiger partial charge in [-0.3, -0.25) is 9.63 Å². The maximum absolute atomic E-state index is 12.2. The molecule has 9 nitrogen and oxygen atoms in total. The molecule has 0 aliphatic carbocycles. The lowest BCUT2D eigenvalue weighted by molar-refractivity contribution is -0.138. The van der Waals surface area contributed by atoms with E-state index in [0.29, 0.717) is 13.0 Å². The molecule has 0 aromatic heterocycles. The van der Waals surface area contributed by atoms with Crippen LogP contribution in [0, 0.1) is 0 Å². The molecule has 2 saturated heterocycles. The minimum absolute atomic E-state index is 0.105. The molecule has 9 heteroatoms. The van der Waals surface area contributed by atoms with Crippen molar-refractivity contribution >= 4 is 18.0 Å². The van der Waals surface area contributed by atoms with Crippen LogP contribution in [0.4, 0.5) is 9.59 Å². The van der Waals surface area contributed by atoms with Gasteiger partial charge in [0.25, 0.3) is 5.91 Å². The Morgan fingerprint density at radius 1 is 1.29 bits per heavy atom. The number of hydrogen-bond donors (Lipinski definition) is 2. The van der Waals surface area contributed by atoms with Gasteiger partial charge < -0.3 is 19.9 Å². The molecule has 2 heterocycles. The van der Waals surface area contributed by atoms with Gasteiger partial charge in [-0.05, 0) is 33.6 Å². The standard InChI is InChI=1S/C15H26N4O5/c1-15(2,3)24-13(21)16-7-8-23-17-12(20)11-6-5-10-9-19(11)14(22)18(10)4/h10-11H,5-9H2,1-4H3,(H,16,21)(H,17,20)/t10-,11+/m1/s1. The average Bonchev–Trinajstić information content (AvgIpc) is 2.70. The number of likely N-dealkylation sites (N-methyl/N-ethyl adjacent to an activating group) is 1. The summed E-state index contributed by atoms with van der Waals surface area (Å²) in [6.07, 6.45) is 0.879. The first-order valence-corrected chi connectivity index (χ1v) is 8.11. The number of ether oxygens (including phenoxy) is 1. The van der Waals surface area contributed by atoms with E-state index in [-0.39, 0.29) is 31.1 Å². The maximum atomic E-state index is 12.2. The third-order valence-corrected chi connectivity index (χ3v) is 4.00. The van der Waals surface area contributed by atoms with Gasteiger partial charge in [0.15, 0.2) is 0 Å². The first-order valence-electron chi connectivity index (χ1n) is 8.11. The Hall–Kier alpha value is -2.03. The van der Waals surface area contributed by atoms with E-state index in [9.17, 15) is 14.4 Å². The van der Waals surface area contributed by atoms with E-state index in [0.717, 1.165) is 6.42 Å². The second-order valence-electron chi connectivity index (χ2n) is 7.04. The van der Waals surface area contributed by atoms with Crippen molar-refractivity contribution in [3.63, 3.8) is 0 Å². The van der Waals surface area contributed by atoms with Crippen LogP contribution >= 0.6 is 0 Å². The predicted molar refractivity (Wildman–Crippen MR) is 85.0 cm³/mol. The van der Waals surface area contributed by atoms with Crippen LogP contribution in [0.1, 0.15) is 33.6 Å². The van der Waals surface area contributed by atoms with Crippen molar-refractivity contribution in [2.45, 2.75) is 51.3 Å². The summed E-state index contributed by atoms with van der Waals surface area (Å²) < 4.78 is 5.07. The number of hydroxylamine groups is 1. The summed E-state index contributed by atoms with van der Waals surface area (Å²) in [6.45, 7) is 6.20. The fourth-order valence-corrected chi connectivity index (χ4v) is 2.82. The molecule has 24 heavy (non-hydrogen) atoms. The second-order valence-corrected chi connectivity index (χ2v) is 7.04. The number of nitrogens with one attached hydrogen (secondary N) is 2.